The normalized spacial score (nSPS) is 16.9. The van der Waals surface area contributed by atoms with E-state index in [1.807, 2.05) is 11.8 Å². The van der Waals surface area contributed by atoms with Gasteiger partial charge in [-0.05, 0) is 30.2 Å². The summed E-state index contributed by atoms with van der Waals surface area (Å²) in [7, 11) is 2.19. The van der Waals surface area contributed by atoms with E-state index in [0.29, 0.717) is 11.4 Å². The molecule has 4 heteroatoms. The van der Waals surface area contributed by atoms with Crippen LogP contribution in [0.5, 0.6) is 0 Å². The molecule has 0 radical (unpaired) electrons. The fourth-order valence-corrected chi connectivity index (χ4v) is 5.33. The van der Waals surface area contributed by atoms with E-state index in [1.54, 1.807) is 0 Å². The predicted molar refractivity (Wildman–Crippen MR) is 125 cm³/mol. The van der Waals surface area contributed by atoms with Crippen LogP contribution >= 0.6 is 11.8 Å². The van der Waals surface area contributed by atoms with E-state index in [9.17, 15) is 0 Å². The highest BCUT2D eigenvalue weighted by Gasteiger charge is 2.25. The third-order valence-corrected chi connectivity index (χ3v) is 7.02. The number of nitrogens with zero attached hydrogens (tertiary/aromatic N) is 1. The van der Waals surface area contributed by atoms with Crippen molar-refractivity contribution in [2.75, 3.05) is 30.9 Å². The lowest BCUT2D eigenvalue weighted by Crippen LogP contribution is -2.29. The van der Waals surface area contributed by atoms with Crippen molar-refractivity contribution in [3.05, 3.63) is 78.4 Å². The zero-order valence-electron chi connectivity index (χ0n) is 16.7. The molecule has 1 aliphatic heterocycles. The molecular weight excluding hydrogens is 376 g/mol. The van der Waals surface area contributed by atoms with E-state index >= 15 is 0 Å². The molecule has 1 fully saturated rings. The number of aromatic nitrogens is 1. The molecule has 2 heterocycles. The monoisotopic (exact) mass is 402 g/mol. The maximum Gasteiger partial charge on any atom is 0.0900 e. The van der Waals surface area contributed by atoms with Crippen LogP contribution in [0, 0.1) is 0 Å². The second-order valence-corrected chi connectivity index (χ2v) is 9.17. The maximum absolute atomic E-state index is 5.47. The highest BCUT2D eigenvalue weighted by molar-refractivity contribution is 8.00. The summed E-state index contributed by atoms with van der Waals surface area (Å²) >= 11 is 2.04. The van der Waals surface area contributed by atoms with Crippen LogP contribution in [0.3, 0.4) is 0 Å². The molecule has 1 aliphatic rings. The third-order valence-electron chi connectivity index (χ3n) is 5.67. The van der Waals surface area contributed by atoms with Gasteiger partial charge in [0.2, 0.25) is 0 Å². The zero-order valence-corrected chi connectivity index (χ0v) is 17.5. The summed E-state index contributed by atoms with van der Waals surface area (Å²) in [6.45, 7) is 1.93. The Balaban J connectivity index is 1.42. The summed E-state index contributed by atoms with van der Waals surface area (Å²) < 4.78 is 5.47. The molecule has 1 saturated heterocycles. The number of benzene rings is 3. The molecule has 2 atom stereocenters. The first kappa shape index (κ1) is 18.6. The number of para-hydroxylation sites is 3. The van der Waals surface area contributed by atoms with Crippen molar-refractivity contribution in [3.63, 3.8) is 0 Å². The van der Waals surface area contributed by atoms with Crippen LogP contribution in [-0.4, -0.2) is 42.3 Å². The van der Waals surface area contributed by atoms with Gasteiger partial charge in [0.1, 0.15) is 0 Å². The Morgan fingerprint density at radius 1 is 1.00 bits per heavy atom. The number of nitrogens with one attached hydrogen (secondary N) is 1. The van der Waals surface area contributed by atoms with Gasteiger partial charge in [-0.2, -0.15) is 11.8 Å². The minimum absolute atomic E-state index is 0.452. The SMILES string of the molecule is CN(CC(Cc1cccc2c1[nH]c1ccccc12)SCC1CO1)c1ccccc1. The highest BCUT2D eigenvalue weighted by atomic mass is 32.2. The first-order valence-electron chi connectivity index (χ1n) is 10.3. The van der Waals surface area contributed by atoms with Crippen LogP contribution in [0.15, 0.2) is 72.8 Å². The first-order chi connectivity index (χ1) is 14.3. The van der Waals surface area contributed by atoms with Crippen LogP contribution in [0.25, 0.3) is 21.8 Å². The van der Waals surface area contributed by atoms with Gasteiger partial charge in [0.25, 0.3) is 0 Å². The van der Waals surface area contributed by atoms with E-state index in [2.05, 4.69) is 89.7 Å². The molecule has 0 aliphatic carbocycles. The third kappa shape index (κ3) is 4.14. The molecule has 3 nitrogen and oxygen atoms in total. The van der Waals surface area contributed by atoms with Crippen LogP contribution in [0.4, 0.5) is 5.69 Å². The topological polar surface area (TPSA) is 31.6 Å². The fraction of sp³-hybridized carbons (Fsp3) is 0.280. The molecule has 0 bridgehead atoms. The molecule has 148 valence electrons. The van der Waals surface area contributed by atoms with E-state index < -0.39 is 0 Å². The minimum atomic E-state index is 0.452. The number of thioether (sulfide) groups is 1. The molecule has 5 rings (SSSR count). The van der Waals surface area contributed by atoms with Gasteiger partial charge in [-0.15, -0.1) is 0 Å². The van der Waals surface area contributed by atoms with Crippen LogP contribution < -0.4 is 4.90 Å². The lowest BCUT2D eigenvalue weighted by atomic mass is 10.0. The Bertz CT molecular complexity index is 1100. The van der Waals surface area contributed by atoms with E-state index in [-0.39, 0.29) is 0 Å². The molecule has 0 spiro atoms. The van der Waals surface area contributed by atoms with Crippen molar-refractivity contribution in [1.29, 1.82) is 0 Å². The maximum atomic E-state index is 5.47. The number of H-pyrrole nitrogens is 1. The molecule has 0 saturated carbocycles. The molecule has 3 aromatic carbocycles. The van der Waals surface area contributed by atoms with E-state index in [1.165, 1.54) is 33.1 Å². The van der Waals surface area contributed by atoms with Gasteiger partial charge in [0.15, 0.2) is 0 Å². The number of hydrogen-bond acceptors (Lipinski definition) is 3. The summed E-state index contributed by atoms with van der Waals surface area (Å²) in [6, 6.07) is 26.0. The van der Waals surface area contributed by atoms with Gasteiger partial charge in [-0.1, -0.05) is 54.6 Å². The summed E-state index contributed by atoms with van der Waals surface area (Å²) in [5, 5.41) is 3.13. The second-order valence-electron chi connectivity index (χ2n) is 7.84. The van der Waals surface area contributed by atoms with E-state index in [4.69, 9.17) is 4.74 Å². The largest absolute Gasteiger partial charge is 0.373 e. The number of epoxide rings is 1. The second kappa shape index (κ2) is 8.13. The first-order valence-corrected chi connectivity index (χ1v) is 11.3. The number of aromatic amines is 1. The van der Waals surface area contributed by atoms with Gasteiger partial charge in [0, 0.05) is 52.1 Å². The Kier molecular flexibility index (Phi) is 5.21. The van der Waals surface area contributed by atoms with Crippen molar-refractivity contribution in [3.8, 4) is 0 Å². The van der Waals surface area contributed by atoms with Crippen molar-refractivity contribution in [1.82, 2.24) is 4.98 Å². The number of ether oxygens (including phenoxy) is 1. The minimum Gasteiger partial charge on any atom is -0.373 e. The average Bonchev–Trinajstić information content (AvgIpc) is 3.51. The predicted octanol–water partition coefficient (Wildman–Crippen LogP) is 5.50. The average molecular weight is 403 g/mol. The lowest BCUT2D eigenvalue weighted by Gasteiger charge is -2.26. The standard InChI is InChI=1S/C25H26N2OS/c1-27(19-9-3-2-4-10-19)15-21(29-17-20-16-28-20)14-18-8-7-12-23-22-11-5-6-13-24(22)26-25(18)23/h2-13,20-21,26H,14-17H2,1H3. The summed E-state index contributed by atoms with van der Waals surface area (Å²) in [6.07, 6.45) is 1.49. The van der Waals surface area contributed by atoms with Gasteiger partial charge < -0.3 is 14.6 Å². The van der Waals surface area contributed by atoms with Gasteiger partial charge in [-0.25, -0.2) is 0 Å². The Morgan fingerprint density at radius 3 is 2.59 bits per heavy atom. The Labute approximate surface area is 176 Å². The fourth-order valence-electron chi connectivity index (χ4n) is 4.03. The van der Waals surface area contributed by atoms with Crippen molar-refractivity contribution < 1.29 is 4.74 Å². The Hall–Kier alpha value is -2.43. The van der Waals surface area contributed by atoms with Crippen LogP contribution in [0.1, 0.15) is 5.56 Å². The van der Waals surface area contributed by atoms with Gasteiger partial charge in [-0.3, -0.25) is 0 Å². The lowest BCUT2D eigenvalue weighted by molar-refractivity contribution is 0.426. The van der Waals surface area contributed by atoms with Crippen LogP contribution in [-0.2, 0) is 11.2 Å². The van der Waals surface area contributed by atoms with E-state index in [0.717, 1.165) is 25.3 Å². The Morgan fingerprint density at radius 2 is 1.76 bits per heavy atom. The number of fused-ring (bicyclic) bond motifs is 3. The highest BCUT2D eigenvalue weighted by Crippen LogP contribution is 2.31. The van der Waals surface area contributed by atoms with Crippen LogP contribution in [0.2, 0.25) is 0 Å². The summed E-state index contributed by atoms with van der Waals surface area (Å²) in [5.74, 6) is 1.08. The molecule has 1 N–H and O–H groups in total. The molecule has 4 aromatic rings. The summed E-state index contributed by atoms with van der Waals surface area (Å²) in [4.78, 5) is 6.04. The number of hydrogen-bond donors (Lipinski definition) is 1. The van der Waals surface area contributed by atoms with Crippen molar-refractivity contribution in [2.24, 2.45) is 0 Å². The van der Waals surface area contributed by atoms with Crippen molar-refractivity contribution in [2.45, 2.75) is 17.8 Å². The molecule has 0 amide bonds. The van der Waals surface area contributed by atoms with Gasteiger partial charge >= 0.3 is 0 Å². The zero-order chi connectivity index (χ0) is 19.6. The number of rotatable bonds is 8. The quantitative estimate of drug-likeness (QED) is 0.395. The van der Waals surface area contributed by atoms with Gasteiger partial charge in [0.05, 0.1) is 12.7 Å². The van der Waals surface area contributed by atoms with Crippen molar-refractivity contribution >= 4 is 39.3 Å². The molecular formula is C25H26N2OS. The smallest absolute Gasteiger partial charge is 0.0900 e. The molecule has 29 heavy (non-hydrogen) atoms. The molecule has 2 unspecified atom stereocenters. The summed E-state index contributed by atoms with van der Waals surface area (Å²) in [5.41, 5.74) is 5.16. The number of anilines is 1. The molecule has 1 aromatic heterocycles.